The summed E-state index contributed by atoms with van der Waals surface area (Å²) in [6.07, 6.45) is 2.95. The van der Waals surface area contributed by atoms with E-state index in [1.54, 1.807) is 24.3 Å². The van der Waals surface area contributed by atoms with E-state index < -0.39 is 0 Å². The summed E-state index contributed by atoms with van der Waals surface area (Å²) in [6, 6.07) is 6.90. The van der Waals surface area contributed by atoms with Gasteiger partial charge in [0.15, 0.2) is 0 Å². The highest BCUT2D eigenvalue weighted by Crippen LogP contribution is 2.32. The van der Waals surface area contributed by atoms with Gasteiger partial charge in [-0.25, -0.2) is 0 Å². The molecule has 20 heavy (non-hydrogen) atoms. The maximum atomic E-state index is 12.2. The number of pyridine rings is 1. The predicted octanol–water partition coefficient (Wildman–Crippen LogP) is 3.71. The van der Waals surface area contributed by atoms with Crippen molar-refractivity contribution in [3.05, 3.63) is 52.3 Å². The van der Waals surface area contributed by atoms with Crippen LogP contribution in [0.1, 0.15) is 10.4 Å². The van der Waals surface area contributed by atoms with E-state index >= 15 is 0 Å². The van der Waals surface area contributed by atoms with Gasteiger partial charge in [0.1, 0.15) is 0 Å². The van der Waals surface area contributed by atoms with Gasteiger partial charge in [0.05, 0.1) is 27.0 Å². The summed E-state index contributed by atoms with van der Waals surface area (Å²) in [7, 11) is 3.71. The molecule has 0 fully saturated rings. The lowest BCUT2D eigenvalue weighted by Gasteiger charge is -2.19. The Morgan fingerprint density at radius 1 is 1.20 bits per heavy atom. The summed E-state index contributed by atoms with van der Waals surface area (Å²) in [4.78, 5) is 17.9. The van der Waals surface area contributed by atoms with Crippen LogP contribution in [0.25, 0.3) is 0 Å². The number of para-hydroxylation sites is 1. The lowest BCUT2D eigenvalue weighted by molar-refractivity contribution is 0.102. The van der Waals surface area contributed by atoms with E-state index in [4.69, 9.17) is 23.2 Å². The van der Waals surface area contributed by atoms with E-state index in [0.717, 1.165) is 5.69 Å². The van der Waals surface area contributed by atoms with Gasteiger partial charge in [-0.05, 0) is 18.2 Å². The Labute approximate surface area is 127 Å². The molecule has 0 aliphatic heterocycles. The SMILES string of the molecule is CN(C)c1c(Cl)cccc1NC(=O)c1ccncc1Cl. The summed E-state index contributed by atoms with van der Waals surface area (Å²) >= 11 is 12.1. The van der Waals surface area contributed by atoms with Gasteiger partial charge in [0, 0.05) is 26.5 Å². The Morgan fingerprint density at radius 3 is 2.60 bits per heavy atom. The molecule has 0 aliphatic carbocycles. The third kappa shape index (κ3) is 3.03. The number of rotatable bonds is 3. The number of amides is 1. The van der Waals surface area contributed by atoms with Crippen LogP contribution in [0.5, 0.6) is 0 Å². The van der Waals surface area contributed by atoms with Gasteiger partial charge < -0.3 is 10.2 Å². The van der Waals surface area contributed by atoms with Crippen molar-refractivity contribution < 1.29 is 4.79 Å². The number of benzene rings is 1. The summed E-state index contributed by atoms with van der Waals surface area (Å²) < 4.78 is 0. The molecule has 1 heterocycles. The molecule has 6 heteroatoms. The normalized spacial score (nSPS) is 10.2. The van der Waals surface area contributed by atoms with E-state index in [1.807, 2.05) is 19.0 Å². The van der Waals surface area contributed by atoms with Crippen molar-refractivity contribution in [2.45, 2.75) is 0 Å². The minimum Gasteiger partial charge on any atom is -0.375 e. The summed E-state index contributed by atoms with van der Waals surface area (Å²) in [6.45, 7) is 0. The molecule has 0 spiro atoms. The van der Waals surface area contributed by atoms with Crippen LogP contribution in [-0.2, 0) is 0 Å². The first-order valence-corrected chi connectivity index (χ1v) is 6.63. The molecule has 2 rings (SSSR count). The summed E-state index contributed by atoms with van der Waals surface area (Å²) in [5.41, 5.74) is 1.74. The molecule has 2 aromatic rings. The van der Waals surface area contributed by atoms with Gasteiger partial charge >= 0.3 is 0 Å². The molecule has 0 unspecified atom stereocenters. The van der Waals surface area contributed by atoms with Crippen LogP contribution in [-0.4, -0.2) is 25.0 Å². The van der Waals surface area contributed by atoms with Crippen molar-refractivity contribution in [3.63, 3.8) is 0 Å². The van der Waals surface area contributed by atoms with Crippen LogP contribution in [0.3, 0.4) is 0 Å². The highest BCUT2D eigenvalue weighted by atomic mass is 35.5. The van der Waals surface area contributed by atoms with Crippen molar-refractivity contribution in [2.24, 2.45) is 0 Å². The Balaban J connectivity index is 2.34. The first-order chi connectivity index (χ1) is 9.50. The molecule has 4 nitrogen and oxygen atoms in total. The molecule has 0 saturated carbocycles. The van der Waals surface area contributed by atoms with Crippen LogP contribution >= 0.6 is 23.2 Å². The zero-order valence-corrected chi connectivity index (χ0v) is 12.5. The Morgan fingerprint density at radius 2 is 1.95 bits per heavy atom. The minimum atomic E-state index is -0.303. The molecule has 0 bridgehead atoms. The number of hydrogen-bond acceptors (Lipinski definition) is 3. The number of aromatic nitrogens is 1. The molecule has 0 atom stereocenters. The number of halogens is 2. The van der Waals surface area contributed by atoms with Crippen LogP contribution in [0.2, 0.25) is 10.0 Å². The molecule has 104 valence electrons. The number of hydrogen-bond donors (Lipinski definition) is 1. The third-order valence-corrected chi connectivity index (χ3v) is 3.31. The van der Waals surface area contributed by atoms with Crippen LogP contribution in [0.15, 0.2) is 36.7 Å². The zero-order valence-electron chi connectivity index (χ0n) is 11.0. The van der Waals surface area contributed by atoms with E-state index in [1.165, 1.54) is 12.4 Å². The maximum absolute atomic E-state index is 12.2. The third-order valence-electron chi connectivity index (χ3n) is 2.70. The van der Waals surface area contributed by atoms with Crippen LogP contribution in [0.4, 0.5) is 11.4 Å². The van der Waals surface area contributed by atoms with Crippen molar-refractivity contribution in [3.8, 4) is 0 Å². The number of nitrogens with zero attached hydrogens (tertiary/aromatic N) is 2. The van der Waals surface area contributed by atoms with Crippen LogP contribution in [0, 0.1) is 0 Å². The minimum absolute atomic E-state index is 0.303. The molecule has 1 aromatic heterocycles. The van der Waals surface area contributed by atoms with E-state index in [2.05, 4.69) is 10.3 Å². The first kappa shape index (κ1) is 14.6. The second kappa shape index (κ2) is 6.11. The van der Waals surface area contributed by atoms with E-state index in [-0.39, 0.29) is 5.91 Å². The van der Waals surface area contributed by atoms with Gasteiger partial charge in [0.25, 0.3) is 5.91 Å². The topological polar surface area (TPSA) is 45.2 Å². The summed E-state index contributed by atoms with van der Waals surface area (Å²) in [5, 5.41) is 3.68. The Hall–Kier alpha value is -1.78. The van der Waals surface area contributed by atoms with Crippen molar-refractivity contribution >= 4 is 40.5 Å². The summed E-state index contributed by atoms with van der Waals surface area (Å²) in [5.74, 6) is -0.303. The van der Waals surface area contributed by atoms with Crippen LogP contribution < -0.4 is 10.2 Å². The fraction of sp³-hybridized carbons (Fsp3) is 0.143. The molecule has 0 saturated heterocycles. The molecule has 1 N–H and O–H groups in total. The van der Waals surface area contributed by atoms with Gasteiger partial charge in [-0.15, -0.1) is 0 Å². The fourth-order valence-corrected chi connectivity index (χ4v) is 2.37. The zero-order chi connectivity index (χ0) is 14.7. The lowest BCUT2D eigenvalue weighted by Crippen LogP contribution is -2.17. The van der Waals surface area contributed by atoms with E-state index in [9.17, 15) is 4.79 Å². The van der Waals surface area contributed by atoms with Crippen molar-refractivity contribution in [2.75, 3.05) is 24.3 Å². The average molecular weight is 310 g/mol. The monoisotopic (exact) mass is 309 g/mol. The van der Waals surface area contributed by atoms with Gasteiger partial charge in [-0.1, -0.05) is 29.3 Å². The predicted molar refractivity (Wildman–Crippen MR) is 83.0 cm³/mol. The average Bonchev–Trinajstić information content (AvgIpc) is 2.38. The van der Waals surface area contributed by atoms with Gasteiger partial charge in [0.2, 0.25) is 0 Å². The van der Waals surface area contributed by atoms with Crippen molar-refractivity contribution in [1.82, 2.24) is 4.98 Å². The lowest BCUT2D eigenvalue weighted by atomic mass is 10.2. The number of anilines is 2. The number of carbonyl (C=O) groups excluding carboxylic acids is 1. The molecule has 0 radical (unpaired) electrons. The molecule has 0 aliphatic rings. The first-order valence-electron chi connectivity index (χ1n) is 5.87. The second-order valence-electron chi connectivity index (χ2n) is 4.34. The maximum Gasteiger partial charge on any atom is 0.257 e. The van der Waals surface area contributed by atoms with E-state index in [0.29, 0.717) is 21.3 Å². The molecule has 1 amide bonds. The molecular weight excluding hydrogens is 297 g/mol. The quantitative estimate of drug-likeness (QED) is 0.940. The standard InChI is InChI=1S/C14H13Cl2N3O/c1-19(2)13-10(15)4-3-5-12(13)18-14(20)9-6-7-17-8-11(9)16/h3-8H,1-2H3,(H,18,20). The second-order valence-corrected chi connectivity index (χ2v) is 5.15. The largest absolute Gasteiger partial charge is 0.375 e. The fourth-order valence-electron chi connectivity index (χ4n) is 1.82. The highest BCUT2D eigenvalue weighted by Gasteiger charge is 2.14. The molecule has 1 aromatic carbocycles. The molecular formula is C14H13Cl2N3O. The highest BCUT2D eigenvalue weighted by molar-refractivity contribution is 6.35. The number of carbonyl (C=O) groups is 1. The Kier molecular flexibility index (Phi) is 4.47. The van der Waals surface area contributed by atoms with Crippen molar-refractivity contribution in [1.29, 1.82) is 0 Å². The smallest absolute Gasteiger partial charge is 0.257 e. The van der Waals surface area contributed by atoms with Gasteiger partial charge in [-0.2, -0.15) is 0 Å². The number of nitrogens with one attached hydrogen (secondary N) is 1. The van der Waals surface area contributed by atoms with Gasteiger partial charge in [-0.3, -0.25) is 9.78 Å². The Bertz CT molecular complexity index is 644.